The number of nitrogens with one attached hydrogen (secondary N) is 1. The molecule has 0 aliphatic heterocycles. The summed E-state index contributed by atoms with van der Waals surface area (Å²) in [5, 5.41) is 10.5. The lowest BCUT2D eigenvalue weighted by atomic mass is 10.1. The fourth-order valence-electron chi connectivity index (χ4n) is 2.93. The molecule has 2 aromatic carbocycles. The smallest absolute Gasteiger partial charge is 0.261 e. The van der Waals surface area contributed by atoms with Crippen molar-refractivity contribution in [2.45, 2.75) is 37.0 Å². The Hall–Kier alpha value is -2.34. The highest BCUT2D eigenvalue weighted by Crippen LogP contribution is 2.26. The number of fused-ring (bicyclic) bond motifs is 1. The second-order valence-corrected chi connectivity index (χ2v) is 7.64. The monoisotopic (exact) mass is 344 g/mol. The molecule has 0 amide bonds. The summed E-state index contributed by atoms with van der Waals surface area (Å²) >= 11 is 0. The summed E-state index contributed by atoms with van der Waals surface area (Å²) in [5.74, 6) is -1.12. The highest BCUT2D eigenvalue weighted by atomic mass is 32.2. The lowest BCUT2D eigenvalue weighted by Gasteiger charge is -2.10. The summed E-state index contributed by atoms with van der Waals surface area (Å²) in [6, 6.07) is 11.9. The van der Waals surface area contributed by atoms with E-state index in [0.29, 0.717) is 12.1 Å². The second kappa shape index (κ2) is 6.65. The molecule has 6 heteroatoms. The Bertz CT molecular complexity index is 857. The number of carboxylic acid groups (broad SMARTS) is 1. The first kappa shape index (κ1) is 16.5. The van der Waals surface area contributed by atoms with E-state index in [2.05, 4.69) is 4.72 Å². The zero-order valence-corrected chi connectivity index (χ0v) is 13.9. The molecule has 0 atom stereocenters. The van der Waals surface area contributed by atoms with E-state index in [0.717, 1.165) is 24.8 Å². The molecule has 1 aliphatic rings. The molecule has 5 nitrogen and oxygen atoms in total. The van der Waals surface area contributed by atoms with E-state index in [9.17, 15) is 18.3 Å². The van der Waals surface area contributed by atoms with Gasteiger partial charge < -0.3 is 9.90 Å². The first-order chi connectivity index (χ1) is 11.4. The van der Waals surface area contributed by atoms with Gasteiger partial charge in [0.05, 0.1) is 4.90 Å². The van der Waals surface area contributed by atoms with Gasteiger partial charge in [-0.15, -0.1) is 0 Å². The van der Waals surface area contributed by atoms with Crippen LogP contribution in [0.15, 0.2) is 47.4 Å². The highest BCUT2D eigenvalue weighted by molar-refractivity contribution is 7.92. The van der Waals surface area contributed by atoms with Crippen LogP contribution in [-0.4, -0.2) is 14.4 Å². The van der Waals surface area contributed by atoms with Crippen molar-refractivity contribution in [1.29, 1.82) is 0 Å². The first-order valence-electron chi connectivity index (χ1n) is 7.87. The van der Waals surface area contributed by atoms with Crippen LogP contribution < -0.4 is 9.83 Å². The summed E-state index contributed by atoms with van der Waals surface area (Å²) in [4.78, 5) is 10.6. The minimum absolute atomic E-state index is 0.0839. The number of benzene rings is 2. The van der Waals surface area contributed by atoms with Gasteiger partial charge in [-0.1, -0.05) is 18.2 Å². The van der Waals surface area contributed by atoms with Crippen LogP contribution in [0, 0.1) is 0 Å². The number of carbonyl (C=O) groups excluding carboxylic acids is 1. The molecule has 2 aromatic rings. The fraction of sp³-hybridized carbons (Fsp3) is 0.278. The zero-order chi connectivity index (χ0) is 17.2. The molecule has 0 fully saturated rings. The van der Waals surface area contributed by atoms with Crippen LogP contribution in [0.1, 0.15) is 29.5 Å². The van der Waals surface area contributed by atoms with Crippen molar-refractivity contribution in [3.8, 4) is 0 Å². The van der Waals surface area contributed by atoms with Crippen molar-refractivity contribution >= 4 is 21.7 Å². The Balaban J connectivity index is 1.74. The molecule has 0 heterocycles. The van der Waals surface area contributed by atoms with E-state index in [1.807, 2.05) is 12.1 Å². The Morgan fingerprint density at radius 3 is 2.46 bits per heavy atom. The molecule has 0 bridgehead atoms. The van der Waals surface area contributed by atoms with E-state index in [4.69, 9.17) is 0 Å². The van der Waals surface area contributed by atoms with Crippen LogP contribution in [0.25, 0.3) is 0 Å². The predicted molar refractivity (Wildman–Crippen MR) is 89.0 cm³/mol. The third kappa shape index (κ3) is 3.76. The molecular weight excluding hydrogens is 326 g/mol. The van der Waals surface area contributed by atoms with Gasteiger partial charge in [-0.3, -0.25) is 4.72 Å². The Morgan fingerprint density at radius 2 is 1.75 bits per heavy atom. The molecule has 0 radical (unpaired) electrons. The first-order valence-corrected chi connectivity index (χ1v) is 9.36. The largest absolute Gasteiger partial charge is 0.550 e. The highest BCUT2D eigenvalue weighted by Gasteiger charge is 2.16. The van der Waals surface area contributed by atoms with E-state index in [1.165, 1.54) is 23.3 Å². The van der Waals surface area contributed by atoms with Gasteiger partial charge in [0, 0.05) is 11.7 Å². The van der Waals surface area contributed by atoms with Crippen LogP contribution >= 0.6 is 0 Å². The average Bonchev–Trinajstić information content (AvgIpc) is 3.00. The van der Waals surface area contributed by atoms with Gasteiger partial charge in [-0.05, 0) is 73.1 Å². The van der Waals surface area contributed by atoms with Crippen LogP contribution in [-0.2, 0) is 34.1 Å². The summed E-state index contributed by atoms with van der Waals surface area (Å²) in [6.07, 6.45) is 3.38. The molecule has 0 saturated carbocycles. The summed E-state index contributed by atoms with van der Waals surface area (Å²) in [5.41, 5.74) is 3.82. The van der Waals surface area contributed by atoms with Crippen molar-refractivity contribution in [2.24, 2.45) is 0 Å². The third-order valence-corrected chi connectivity index (χ3v) is 5.60. The van der Waals surface area contributed by atoms with Gasteiger partial charge in [0.25, 0.3) is 10.0 Å². The number of hydrogen-bond donors (Lipinski definition) is 1. The van der Waals surface area contributed by atoms with Gasteiger partial charge >= 0.3 is 0 Å². The van der Waals surface area contributed by atoms with Crippen LogP contribution in [0.2, 0.25) is 0 Å². The van der Waals surface area contributed by atoms with Crippen molar-refractivity contribution in [2.75, 3.05) is 4.72 Å². The molecule has 0 aromatic heterocycles. The second-order valence-electron chi connectivity index (χ2n) is 5.96. The number of aliphatic carboxylic acids is 1. The summed E-state index contributed by atoms with van der Waals surface area (Å²) in [6.45, 7) is 0. The van der Waals surface area contributed by atoms with Gasteiger partial charge in [0.1, 0.15) is 0 Å². The van der Waals surface area contributed by atoms with Crippen molar-refractivity contribution < 1.29 is 18.3 Å². The van der Waals surface area contributed by atoms with E-state index < -0.39 is 16.0 Å². The van der Waals surface area contributed by atoms with E-state index in [1.54, 1.807) is 18.2 Å². The number of rotatable bonds is 6. The normalized spacial score (nSPS) is 13.5. The number of anilines is 1. The lowest BCUT2D eigenvalue weighted by Crippen LogP contribution is -2.22. The SMILES string of the molecule is O=C([O-])CCc1ccc(S(=O)(=O)Nc2ccc3c(c2)CCC3)cc1. The molecule has 1 N–H and O–H groups in total. The van der Waals surface area contributed by atoms with Crippen molar-refractivity contribution in [3.05, 3.63) is 59.2 Å². The van der Waals surface area contributed by atoms with E-state index >= 15 is 0 Å². The number of sulfonamides is 1. The number of aryl methyl sites for hydroxylation is 3. The van der Waals surface area contributed by atoms with Crippen LogP contribution in [0.5, 0.6) is 0 Å². The zero-order valence-electron chi connectivity index (χ0n) is 13.1. The van der Waals surface area contributed by atoms with E-state index in [-0.39, 0.29) is 11.3 Å². The number of carbonyl (C=O) groups is 1. The lowest BCUT2D eigenvalue weighted by molar-refractivity contribution is -0.305. The molecule has 1 aliphatic carbocycles. The minimum Gasteiger partial charge on any atom is -0.550 e. The molecule has 3 rings (SSSR count). The van der Waals surface area contributed by atoms with Crippen LogP contribution in [0.3, 0.4) is 0 Å². The molecule has 0 unspecified atom stereocenters. The van der Waals surface area contributed by atoms with Crippen molar-refractivity contribution in [3.63, 3.8) is 0 Å². The molecular formula is C18H18NO4S-. The fourth-order valence-corrected chi connectivity index (χ4v) is 3.98. The van der Waals surface area contributed by atoms with Gasteiger partial charge in [-0.25, -0.2) is 8.42 Å². The Morgan fingerprint density at radius 1 is 1.04 bits per heavy atom. The summed E-state index contributed by atoms with van der Waals surface area (Å²) in [7, 11) is -3.66. The molecule has 0 saturated heterocycles. The molecule has 24 heavy (non-hydrogen) atoms. The topological polar surface area (TPSA) is 86.3 Å². The standard InChI is InChI=1S/C18H19NO4S/c20-18(21)11-6-13-4-9-17(10-5-13)24(22,23)19-16-8-7-14-2-1-3-15(14)12-16/h4-5,7-10,12,19H,1-3,6,11H2,(H,20,21)/p-1. The molecule has 126 valence electrons. The number of hydrogen-bond acceptors (Lipinski definition) is 4. The van der Waals surface area contributed by atoms with Crippen molar-refractivity contribution in [1.82, 2.24) is 0 Å². The van der Waals surface area contributed by atoms with Gasteiger partial charge in [-0.2, -0.15) is 0 Å². The third-order valence-electron chi connectivity index (χ3n) is 4.20. The Labute approximate surface area is 141 Å². The predicted octanol–water partition coefficient (Wildman–Crippen LogP) is 1.66. The number of carboxylic acids is 1. The maximum Gasteiger partial charge on any atom is 0.261 e. The summed E-state index contributed by atoms with van der Waals surface area (Å²) < 4.78 is 27.5. The van der Waals surface area contributed by atoms with Crippen LogP contribution in [0.4, 0.5) is 5.69 Å². The van der Waals surface area contributed by atoms with Gasteiger partial charge in [0.15, 0.2) is 0 Å². The molecule has 0 spiro atoms. The quantitative estimate of drug-likeness (QED) is 0.863. The maximum atomic E-state index is 12.5. The average molecular weight is 344 g/mol. The Kier molecular flexibility index (Phi) is 4.57. The minimum atomic E-state index is -3.66. The van der Waals surface area contributed by atoms with Gasteiger partial charge in [0.2, 0.25) is 0 Å². The maximum absolute atomic E-state index is 12.5.